The minimum absolute atomic E-state index is 0.00240. The zero-order chi connectivity index (χ0) is 13.9. The number of ether oxygens (including phenoxy) is 1. The Labute approximate surface area is 116 Å². The molecule has 2 atom stereocenters. The van der Waals surface area contributed by atoms with Crippen molar-refractivity contribution in [3.8, 4) is 0 Å². The molecule has 0 saturated carbocycles. The number of nitrogens with zero attached hydrogens (tertiary/aromatic N) is 1. The average Bonchev–Trinajstić information content (AvgIpc) is 2.37. The van der Waals surface area contributed by atoms with E-state index in [1.165, 1.54) is 0 Å². The molecule has 112 valence electrons. The van der Waals surface area contributed by atoms with E-state index in [1.54, 1.807) is 4.31 Å². The number of hydrogen-bond acceptors (Lipinski definition) is 4. The Hall–Kier alpha value is -0.170. The van der Waals surface area contributed by atoms with E-state index < -0.39 is 10.0 Å². The number of morpholine rings is 1. The highest BCUT2D eigenvalue weighted by Gasteiger charge is 2.31. The van der Waals surface area contributed by atoms with E-state index in [-0.39, 0.29) is 18.0 Å². The van der Waals surface area contributed by atoms with Gasteiger partial charge in [-0.05, 0) is 52.1 Å². The van der Waals surface area contributed by atoms with Gasteiger partial charge >= 0.3 is 0 Å². The van der Waals surface area contributed by atoms with E-state index in [2.05, 4.69) is 5.32 Å². The Bertz CT molecular complexity index is 369. The van der Waals surface area contributed by atoms with Crippen LogP contribution in [0.1, 0.15) is 33.1 Å². The third-order valence-corrected chi connectivity index (χ3v) is 5.86. The fourth-order valence-corrected chi connectivity index (χ4v) is 4.74. The molecule has 2 heterocycles. The van der Waals surface area contributed by atoms with Crippen molar-refractivity contribution in [2.45, 2.75) is 45.3 Å². The first kappa shape index (κ1) is 15.2. The van der Waals surface area contributed by atoms with Crippen molar-refractivity contribution in [3.63, 3.8) is 0 Å². The first-order chi connectivity index (χ1) is 8.97. The molecule has 0 aromatic heterocycles. The molecule has 2 fully saturated rings. The number of piperidine rings is 1. The summed E-state index contributed by atoms with van der Waals surface area (Å²) in [5, 5.41) is 3.31. The third-order valence-electron chi connectivity index (χ3n) is 4.02. The van der Waals surface area contributed by atoms with Gasteiger partial charge in [0, 0.05) is 13.1 Å². The summed E-state index contributed by atoms with van der Waals surface area (Å²) in [5.41, 5.74) is 0. The molecule has 2 rings (SSSR count). The van der Waals surface area contributed by atoms with Crippen LogP contribution in [0.15, 0.2) is 0 Å². The van der Waals surface area contributed by atoms with Gasteiger partial charge in [0.25, 0.3) is 0 Å². The van der Waals surface area contributed by atoms with Crippen molar-refractivity contribution in [1.82, 2.24) is 9.62 Å². The van der Waals surface area contributed by atoms with Gasteiger partial charge < -0.3 is 10.1 Å². The molecule has 0 aliphatic carbocycles. The van der Waals surface area contributed by atoms with E-state index in [0.717, 1.165) is 32.4 Å². The Morgan fingerprint density at radius 1 is 1.16 bits per heavy atom. The van der Waals surface area contributed by atoms with Crippen molar-refractivity contribution in [2.75, 3.05) is 31.9 Å². The molecule has 2 unspecified atom stereocenters. The molecule has 0 amide bonds. The van der Waals surface area contributed by atoms with E-state index in [1.807, 2.05) is 13.8 Å². The predicted octanol–water partition coefficient (Wildman–Crippen LogP) is 0.815. The predicted molar refractivity (Wildman–Crippen MR) is 75.6 cm³/mol. The van der Waals surface area contributed by atoms with Crippen LogP contribution in [0.4, 0.5) is 0 Å². The second-order valence-corrected chi connectivity index (χ2v) is 7.96. The summed E-state index contributed by atoms with van der Waals surface area (Å²) < 4.78 is 32.0. The molecule has 0 radical (unpaired) electrons. The highest BCUT2D eigenvalue weighted by molar-refractivity contribution is 7.89. The quantitative estimate of drug-likeness (QED) is 0.832. The topological polar surface area (TPSA) is 58.6 Å². The van der Waals surface area contributed by atoms with Gasteiger partial charge in [-0.1, -0.05) is 0 Å². The lowest BCUT2D eigenvalue weighted by molar-refractivity contribution is -0.0441. The van der Waals surface area contributed by atoms with Crippen molar-refractivity contribution < 1.29 is 13.2 Å². The second kappa shape index (κ2) is 6.52. The van der Waals surface area contributed by atoms with E-state index in [0.29, 0.717) is 19.0 Å². The summed E-state index contributed by atoms with van der Waals surface area (Å²) in [6.07, 6.45) is 3.00. The molecule has 6 heteroatoms. The Kier molecular flexibility index (Phi) is 5.22. The fraction of sp³-hybridized carbons (Fsp3) is 1.00. The van der Waals surface area contributed by atoms with Gasteiger partial charge in [0.1, 0.15) is 0 Å². The van der Waals surface area contributed by atoms with Gasteiger partial charge in [-0.2, -0.15) is 4.31 Å². The van der Waals surface area contributed by atoms with E-state index in [9.17, 15) is 8.42 Å². The SMILES string of the molecule is CC1CN(S(=O)(=O)CCC2CCNCC2)CC(C)O1. The Balaban J connectivity index is 1.86. The molecule has 2 aliphatic rings. The highest BCUT2D eigenvalue weighted by Crippen LogP contribution is 2.20. The first-order valence-electron chi connectivity index (χ1n) is 7.31. The lowest BCUT2D eigenvalue weighted by Crippen LogP contribution is -2.49. The summed E-state index contributed by atoms with van der Waals surface area (Å²) in [6.45, 7) is 6.92. The molecular weight excluding hydrogens is 264 g/mol. The largest absolute Gasteiger partial charge is 0.373 e. The molecule has 1 N–H and O–H groups in total. The second-order valence-electron chi connectivity index (χ2n) is 5.87. The average molecular weight is 290 g/mol. The van der Waals surface area contributed by atoms with Crippen LogP contribution in [0.2, 0.25) is 0 Å². The minimum Gasteiger partial charge on any atom is -0.373 e. The van der Waals surface area contributed by atoms with Crippen LogP contribution in [0, 0.1) is 5.92 Å². The lowest BCUT2D eigenvalue weighted by Gasteiger charge is -2.34. The monoisotopic (exact) mass is 290 g/mol. The van der Waals surface area contributed by atoms with Crippen LogP contribution in [0.25, 0.3) is 0 Å². The van der Waals surface area contributed by atoms with Gasteiger partial charge in [-0.3, -0.25) is 0 Å². The summed E-state index contributed by atoms with van der Waals surface area (Å²) in [7, 11) is -3.12. The van der Waals surface area contributed by atoms with Crippen LogP contribution in [0.3, 0.4) is 0 Å². The molecule has 0 aromatic carbocycles. The maximum Gasteiger partial charge on any atom is 0.214 e. The molecule has 2 saturated heterocycles. The number of nitrogens with one attached hydrogen (secondary N) is 1. The normalized spacial score (nSPS) is 31.5. The number of hydrogen-bond donors (Lipinski definition) is 1. The van der Waals surface area contributed by atoms with Gasteiger partial charge in [0.05, 0.1) is 18.0 Å². The van der Waals surface area contributed by atoms with Crippen molar-refractivity contribution in [3.05, 3.63) is 0 Å². The summed E-state index contributed by atoms with van der Waals surface area (Å²) in [4.78, 5) is 0. The summed E-state index contributed by atoms with van der Waals surface area (Å²) in [5.74, 6) is 0.851. The zero-order valence-electron chi connectivity index (χ0n) is 12.0. The van der Waals surface area contributed by atoms with Crippen molar-refractivity contribution in [2.24, 2.45) is 5.92 Å². The van der Waals surface area contributed by atoms with Gasteiger partial charge in [-0.15, -0.1) is 0 Å². The van der Waals surface area contributed by atoms with E-state index in [4.69, 9.17) is 4.74 Å². The summed E-state index contributed by atoms with van der Waals surface area (Å²) in [6, 6.07) is 0. The minimum atomic E-state index is -3.12. The van der Waals surface area contributed by atoms with Crippen LogP contribution in [-0.2, 0) is 14.8 Å². The molecule has 0 spiro atoms. The van der Waals surface area contributed by atoms with Crippen molar-refractivity contribution >= 4 is 10.0 Å². The molecular formula is C13H26N2O3S. The van der Waals surface area contributed by atoms with E-state index >= 15 is 0 Å². The standard InChI is InChI=1S/C13H26N2O3S/c1-11-9-15(10-12(2)18-11)19(16,17)8-5-13-3-6-14-7-4-13/h11-14H,3-10H2,1-2H3. The molecule has 0 bridgehead atoms. The van der Waals surface area contributed by atoms with Gasteiger partial charge in [0.15, 0.2) is 0 Å². The van der Waals surface area contributed by atoms with Crippen LogP contribution < -0.4 is 5.32 Å². The van der Waals surface area contributed by atoms with Crippen LogP contribution in [0.5, 0.6) is 0 Å². The Morgan fingerprint density at radius 3 is 2.32 bits per heavy atom. The highest BCUT2D eigenvalue weighted by atomic mass is 32.2. The summed E-state index contributed by atoms with van der Waals surface area (Å²) >= 11 is 0. The van der Waals surface area contributed by atoms with Crippen LogP contribution in [-0.4, -0.2) is 56.9 Å². The van der Waals surface area contributed by atoms with Gasteiger partial charge in [0.2, 0.25) is 10.0 Å². The smallest absolute Gasteiger partial charge is 0.214 e. The maximum absolute atomic E-state index is 12.4. The van der Waals surface area contributed by atoms with Crippen LogP contribution >= 0.6 is 0 Å². The molecule has 5 nitrogen and oxygen atoms in total. The number of rotatable bonds is 4. The maximum atomic E-state index is 12.4. The Morgan fingerprint density at radius 2 is 1.74 bits per heavy atom. The molecule has 2 aliphatic heterocycles. The van der Waals surface area contributed by atoms with Crippen molar-refractivity contribution in [1.29, 1.82) is 0 Å². The fourth-order valence-electron chi connectivity index (χ4n) is 2.97. The lowest BCUT2D eigenvalue weighted by atomic mass is 9.96. The molecule has 0 aromatic rings. The van der Waals surface area contributed by atoms with Gasteiger partial charge in [-0.25, -0.2) is 8.42 Å². The number of sulfonamides is 1. The third kappa shape index (κ3) is 4.41. The first-order valence-corrected chi connectivity index (χ1v) is 8.92. The zero-order valence-corrected chi connectivity index (χ0v) is 12.8. The molecule has 19 heavy (non-hydrogen) atoms.